The monoisotopic (exact) mass is 406 g/mol. The zero-order chi connectivity index (χ0) is 20.7. The fraction of sp³-hybridized carbons (Fsp3) is 0.350. The molecule has 0 unspecified atom stereocenters. The lowest BCUT2D eigenvalue weighted by atomic mass is 10.1. The summed E-state index contributed by atoms with van der Waals surface area (Å²) >= 11 is 0. The van der Waals surface area contributed by atoms with Crippen LogP contribution in [0.4, 0.5) is 4.79 Å². The van der Waals surface area contributed by atoms with E-state index in [2.05, 4.69) is 5.32 Å². The number of hydrogen-bond donors (Lipinski definition) is 1. The van der Waals surface area contributed by atoms with Crippen LogP contribution in [-0.2, 0) is 16.7 Å². The van der Waals surface area contributed by atoms with Crippen molar-refractivity contribution >= 4 is 16.1 Å². The summed E-state index contributed by atoms with van der Waals surface area (Å²) < 4.78 is 35.7. The molecule has 0 aliphatic heterocycles. The van der Waals surface area contributed by atoms with Crippen LogP contribution in [0.1, 0.15) is 26.3 Å². The van der Waals surface area contributed by atoms with Crippen LogP contribution in [0.5, 0.6) is 11.5 Å². The molecule has 0 aromatic heterocycles. The lowest BCUT2D eigenvalue weighted by molar-refractivity contribution is 0.180. The Labute approximate surface area is 166 Å². The van der Waals surface area contributed by atoms with Crippen molar-refractivity contribution in [2.45, 2.75) is 38.3 Å². The number of amides is 2. The third kappa shape index (κ3) is 5.39. The standard InChI is InChI=1S/C20H26N2O5S/c1-5-21-20(23)22(15(2)3)14-16-8-6-7-9-19(16)27-28(24,25)18-12-10-17(26-4)11-13-18/h6-13,15H,5,14H2,1-4H3,(H,21,23). The molecule has 0 saturated carbocycles. The highest BCUT2D eigenvalue weighted by Crippen LogP contribution is 2.26. The molecule has 28 heavy (non-hydrogen) atoms. The van der Waals surface area contributed by atoms with Gasteiger partial charge in [-0.05, 0) is 51.1 Å². The van der Waals surface area contributed by atoms with Gasteiger partial charge in [0.1, 0.15) is 16.4 Å². The molecule has 0 saturated heterocycles. The highest BCUT2D eigenvalue weighted by atomic mass is 32.2. The number of benzene rings is 2. The Morgan fingerprint density at radius 1 is 1.11 bits per heavy atom. The highest BCUT2D eigenvalue weighted by molar-refractivity contribution is 7.87. The van der Waals surface area contributed by atoms with Crippen LogP contribution in [0.2, 0.25) is 0 Å². The van der Waals surface area contributed by atoms with Crippen LogP contribution in [0.25, 0.3) is 0 Å². The van der Waals surface area contributed by atoms with Gasteiger partial charge < -0.3 is 19.1 Å². The number of carbonyl (C=O) groups is 1. The number of hydrogen-bond acceptors (Lipinski definition) is 5. The third-order valence-electron chi connectivity index (χ3n) is 4.07. The van der Waals surface area contributed by atoms with Gasteiger partial charge in [-0.25, -0.2) is 4.79 Å². The number of rotatable bonds is 8. The molecule has 2 rings (SSSR count). The Balaban J connectivity index is 2.28. The molecule has 2 aromatic carbocycles. The van der Waals surface area contributed by atoms with Crippen LogP contribution in [0, 0.1) is 0 Å². The van der Waals surface area contributed by atoms with Crippen molar-refractivity contribution in [2.75, 3.05) is 13.7 Å². The molecule has 0 aliphatic rings. The molecule has 0 bridgehead atoms. The summed E-state index contributed by atoms with van der Waals surface area (Å²) in [5.41, 5.74) is 0.597. The molecular weight excluding hydrogens is 380 g/mol. The van der Waals surface area contributed by atoms with Gasteiger partial charge in [0.15, 0.2) is 0 Å². The summed E-state index contributed by atoms with van der Waals surface area (Å²) in [5, 5.41) is 2.77. The second kappa shape index (κ2) is 9.45. The Hall–Kier alpha value is -2.74. The number of methoxy groups -OCH3 is 1. The average molecular weight is 407 g/mol. The van der Waals surface area contributed by atoms with Crippen molar-refractivity contribution in [1.82, 2.24) is 10.2 Å². The molecule has 0 fully saturated rings. The maximum absolute atomic E-state index is 12.7. The Kier molecular flexibility index (Phi) is 7.28. The number of ether oxygens (including phenoxy) is 1. The van der Waals surface area contributed by atoms with Gasteiger partial charge in [-0.1, -0.05) is 18.2 Å². The highest BCUT2D eigenvalue weighted by Gasteiger charge is 2.22. The lowest BCUT2D eigenvalue weighted by Gasteiger charge is -2.27. The van der Waals surface area contributed by atoms with Gasteiger partial charge >= 0.3 is 16.1 Å². The fourth-order valence-corrected chi connectivity index (χ4v) is 3.51. The molecular formula is C20H26N2O5S. The lowest BCUT2D eigenvalue weighted by Crippen LogP contribution is -2.43. The van der Waals surface area contributed by atoms with E-state index < -0.39 is 10.1 Å². The maximum Gasteiger partial charge on any atom is 0.339 e. The fourth-order valence-electron chi connectivity index (χ4n) is 2.55. The van der Waals surface area contributed by atoms with Gasteiger partial charge in [-0.2, -0.15) is 8.42 Å². The van der Waals surface area contributed by atoms with Crippen LogP contribution >= 0.6 is 0 Å². The predicted octanol–water partition coefficient (Wildman–Crippen LogP) is 3.40. The van der Waals surface area contributed by atoms with E-state index in [1.54, 1.807) is 41.3 Å². The van der Waals surface area contributed by atoms with Gasteiger partial charge in [0.2, 0.25) is 0 Å². The molecule has 0 spiro atoms. The molecule has 0 atom stereocenters. The van der Waals surface area contributed by atoms with Crippen LogP contribution in [-0.4, -0.2) is 39.0 Å². The zero-order valence-corrected chi connectivity index (χ0v) is 17.3. The van der Waals surface area contributed by atoms with Crippen molar-refractivity contribution in [3.63, 3.8) is 0 Å². The molecule has 0 aliphatic carbocycles. The molecule has 2 aromatic rings. The maximum atomic E-state index is 12.7. The van der Waals surface area contributed by atoms with Crippen molar-refractivity contribution < 1.29 is 22.1 Å². The first-order chi connectivity index (χ1) is 13.3. The average Bonchev–Trinajstić information content (AvgIpc) is 2.67. The Morgan fingerprint density at radius 3 is 2.32 bits per heavy atom. The normalized spacial score (nSPS) is 11.2. The van der Waals surface area contributed by atoms with E-state index in [0.29, 0.717) is 17.9 Å². The van der Waals surface area contributed by atoms with Gasteiger partial charge in [0.05, 0.1) is 13.7 Å². The van der Waals surface area contributed by atoms with E-state index in [1.165, 1.54) is 19.2 Å². The molecule has 0 radical (unpaired) electrons. The second-order valence-corrected chi connectivity index (χ2v) is 7.92. The van der Waals surface area contributed by atoms with E-state index in [1.807, 2.05) is 20.8 Å². The van der Waals surface area contributed by atoms with Crippen molar-refractivity contribution in [3.8, 4) is 11.5 Å². The van der Waals surface area contributed by atoms with Crippen LogP contribution in [0.15, 0.2) is 53.4 Å². The largest absolute Gasteiger partial charge is 0.497 e. The summed E-state index contributed by atoms with van der Waals surface area (Å²) in [6.07, 6.45) is 0. The van der Waals surface area contributed by atoms with Crippen LogP contribution in [0.3, 0.4) is 0 Å². The van der Waals surface area contributed by atoms with Crippen molar-refractivity contribution in [3.05, 3.63) is 54.1 Å². The minimum Gasteiger partial charge on any atom is -0.497 e. The zero-order valence-electron chi connectivity index (χ0n) is 16.5. The second-order valence-electron chi connectivity index (χ2n) is 6.38. The quantitative estimate of drug-likeness (QED) is 0.679. The number of para-hydroxylation sites is 1. The molecule has 7 nitrogen and oxygen atoms in total. The summed E-state index contributed by atoms with van der Waals surface area (Å²) in [6.45, 7) is 6.36. The molecule has 2 amide bonds. The van der Waals surface area contributed by atoms with Gasteiger partial charge in [0.25, 0.3) is 0 Å². The minimum absolute atomic E-state index is 0.0209. The predicted molar refractivity (Wildman–Crippen MR) is 107 cm³/mol. The Morgan fingerprint density at radius 2 is 1.75 bits per heavy atom. The van der Waals surface area contributed by atoms with Gasteiger partial charge in [-0.3, -0.25) is 0 Å². The van der Waals surface area contributed by atoms with E-state index in [-0.39, 0.29) is 29.3 Å². The Bertz CT molecular complexity index is 895. The molecule has 0 heterocycles. The summed E-state index contributed by atoms with van der Waals surface area (Å²) in [6, 6.07) is 12.4. The molecule has 8 heteroatoms. The topological polar surface area (TPSA) is 84.9 Å². The van der Waals surface area contributed by atoms with Crippen molar-refractivity contribution in [1.29, 1.82) is 0 Å². The SMILES string of the molecule is CCNC(=O)N(Cc1ccccc1OS(=O)(=O)c1ccc(OC)cc1)C(C)C. The molecule has 152 valence electrons. The van der Waals surface area contributed by atoms with E-state index in [0.717, 1.165) is 0 Å². The van der Waals surface area contributed by atoms with Crippen molar-refractivity contribution in [2.24, 2.45) is 0 Å². The van der Waals surface area contributed by atoms with Gasteiger partial charge in [0, 0.05) is 18.2 Å². The third-order valence-corrected chi connectivity index (χ3v) is 5.32. The number of nitrogens with zero attached hydrogens (tertiary/aromatic N) is 1. The minimum atomic E-state index is -4.02. The van der Waals surface area contributed by atoms with E-state index in [4.69, 9.17) is 8.92 Å². The van der Waals surface area contributed by atoms with Gasteiger partial charge in [-0.15, -0.1) is 0 Å². The first-order valence-corrected chi connectivity index (χ1v) is 10.4. The summed E-state index contributed by atoms with van der Waals surface area (Å²) in [4.78, 5) is 13.9. The number of carbonyl (C=O) groups excluding carboxylic acids is 1. The summed E-state index contributed by atoms with van der Waals surface area (Å²) in [5.74, 6) is 0.738. The first kappa shape index (κ1) is 21.6. The first-order valence-electron chi connectivity index (χ1n) is 8.99. The van der Waals surface area contributed by atoms with E-state index in [9.17, 15) is 13.2 Å². The molecule has 1 N–H and O–H groups in total. The number of urea groups is 1. The number of nitrogens with one attached hydrogen (secondary N) is 1. The summed E-state index contributed by atoms with van der Waals surface area (Å²) in [7, 11) is -2.52. The smallest absolute Gasteiger partial charge is 0.339 e. The van der Waals surface area contributed by atoms with E-state index >= 15 is 0 Å². The van der Waals surface area contributed by atoms with Crippen LogP contribution < -0.4 is 14.2 Å².